The number of carbonyl (C=O) groups excluding carboxylic acids is 2. The van der Waals surface area contributed by atoms with E-state index in [4.69, 9.17) is 4.74 Å². The molecule has 2 aromatic rings. The normalized spacial score (nSPS) is 28.6. The molecule has 2 unspecified atom stereocenters. The molecule has 2 heterocycles. The maximum absolute atomic E-state index is 13.5. The van der Waals surface area contributed by atoms with Gasteiger partial charge in [-0.1, -0.05) is 55.0 Å². The first-order chi connectivity index (χ1) is 17.0. The molecule has 2 amide bonds. The first-order valence-electron chi connectivity index (χ1n) is 12.7. The number of carbonyl (C=O) groups is 3. The van der Waals surface area contributed by atoms with Gasteiger partial charge in [-0.3, -0.25) is 4.79 Å². The van der Waals surface area contributed by atoms with Gasteiger partial charge in [0, 0.05) is 18.0 Å². The van der Waals surface area contributed by atoms with Crippen LogP contribution in [0.2, 0.25) is 0 Å². The highest BCUT2D eigenvalue weighted by Crippen LogP contribution is 2.48. The summed E-state index contributed by atoms with van der Waals surface area (Å²) >= 11 is 0. The van der Waals surface area contributed by atoms with Crippen molar-refractivity contribution in [2.45, 2.75) is 68.5 Å². The molecule has 7 heteroatoms. The van der Waals surface area contributed by atoms with Crippen molar-refractivity contribution < 1.29 is 24.2 Å². The molecule has 35 heavy (non-hydrogen) atoms. The van der Waals surface area contributed by atoms with Gasteiger partial charge in [0.15, 0.2) is 0 Å². The number of carboxylic acid groups (broad SMARTS) is 1. The summed E-state index contributed by atoms with van der Waals surface area (Å²) in [5, 5.41) is 12.8. The van der Waals surface area contributed by atoms with E-state index in [1.807, 2.05) is 24.3 Å². The molecular formula is C28H30N2O5. The molecule has 0 aromatic heterocycles. The molecule has 2 aliphatic carbocycles. The molecule has 3 fully saturated rings. The van der Waals surface area contributed by atoms with Crippen molar-refractivity contribution in [3.8, 4) is 11.1 Å². The Balaban J connectivity index is 1.13. The van der Waals surface area contributed by atoms with Crippen LogP contribution in [-0.4, -0.2) is 52.2 Å². The van der Waals surface area contributed by atoms with Gasteiger partial charge < -0.3 is 20.1 Å². The van der Waals surface area contributed by atoms with Crippen LogP contribution in [0.3, 0.4) is 0 Å². The van der Waals surface area contributed by atoms with E-state index in [-0.39, 0.29) is 30.5 Å². The number of carboxylic acids is 1. The molecule has 2 N–H and O–H groups in total. The smallest absolute Gasteiger partial charge is 0.407 e. The van der Waals surface area contributed by atoms with Crippen molar-refractivity contribution in [2.24, 2.45) is 5.92 Å². The minimum atomic E-state index is -1.06. The molecule has 182 valence electrons. The van der Waals surface area contributed by atoms with E-state index in [0.717, 1.165) is 30.4 Å². The van der Waals surface area contributed by atoms with Gasteiger partial charge in [0.2, 0.25) is 5.91 Å². The number of rotatable bonds is 5. The van der Waals surface area contributed by atoms with Gasteiger partial charge in [-0.05, 0) is 60.8 Å². The summed E-state index contributed by atoms with van der Waals surface area (Å²) in [6.45, 7) is 0.224. The maximum atomic E-state index is 13.5. The lowest BCUT2D eigenvalue weighted by atomic mass is 9.87. The molecular weight excluding hydrogens is 444 g/mol. The predicted molar refractivity (Wildman–Crippen MR) is 129 cm³/mol. The number of amides is 2. The molecule has 2 bridgehead atoms. The highest BCUT2D eigenvalue weighted by Gasteiger charge is 2.60. The number of hydrogen-bond acceptors (Lipinski definition) is 4. The second-order valence-corrected chi connectivity index (χ2v) is 10.4. The number of fused-ring (bicyclic) bond motifs is 5. The molecule has 2 saturated heterocycles. The van der Waals surface area contributed by atoms with Crippen molar-refractivity contribution in [1.29, 1.82) is 0 Å². The minimum absolute atomic E-state index is 0.00862. The van der Waals surface area contributed by atoms with Crippen LogP contribution >= 0.6 is 0 Å². The Morgan fingerprint density at radius 1 is 0.943 bits per heavy atom. The lowest BCUT2D eigenvalue weighted by Gasteiger charge is -2.34. The fourth-order valence-corrected chi connectivity index (χ4v) is 7.03. The van der Waals surface area contributed by atoms with Crippen molar-refractivity contribution in [1.82, 2.24) is 10.2 Å². The van der Waals surface area contributed by atoms with Crippen LogP contribution in [0.25, 0.3) is 11.1 Å². The summed E-state index contributed by atoms with van der Waals surface area (Å²) in [5.74, 6) is -1.43. The number of benzene rings is 2. The third-order valence-corrected chi connectivity index (χ3v) is 8.72. The van der Waals surface area contributed by atoms with Crippen LogP contribution in [0, 0.1) is 5.92 Å². The number of nitrogens with one attached hydrogen (secondary N) is 1. The van der Waals surface area contributed by atoms with E-state index in [1.54, 1.807) is 4.90 Å². The molecule has 2 atom stereocenters. The molecule has 4 aliphatic rings. The lowest BCUT2D eigenvalue weighted by molar-refractivity contribution is -0.157. The van der Waals surface area contributed by atoms with Crippen LogP contribution in [-0.2, 0) is 14.3 Å². The van der Waals surface area contributed by atoms with E-state index in [0.29, 0.717) is 25.7 Å². The van der Waals surface area contributed by atoms with Crippen LogP contribution in [0.15, 0.2) is 48.5 Å². The maximum Gasteiger partial charge on any atom is 0.407 e. The summed E-state index contributed by atoms with van der Waals surface area (Å²) in [5.41, 5.74) is 3.59. The lowest BCUT2D eigenvalue weighted by Crippen LogP contribution is -2.55. The Kier molecular flexibility index (Phi) is 5.31. The van der Waals surface area contributed by atoms with Gasteiger partial charge >= 0.3 is 12.1 Å². The largest absolute Gasteiger partial charge is 0.479 e. The zero-order chi connectivity index (χ0) is 24.2. The van der Waals surface area contributed by atoms with Crippen LogP contribution in [0.5, 0.6) is 0 Å². The fraction of sp³-hybridized carbons (Fsp3) is 0.464. The van der Waals surface area contributed by atoms with Gasteiger partial charge in [-0.15, -0.1) is 0 Å². The van der Waals surface area contributed by atoms with Gasteiger partial charge in [0.05, 0.1) is 5.92 Å². The minimum Gasteiger partial charge on any atom is -0.479 e. The van der Waals surface area contributed by atoms with E-state index in [1.165, 1.54) is 11.1 Å². The average molecular weight is 475 g/mol. The van der Waals surface area contributed by atoms with Crippen molar-refractivity contribution in [2.75, 3.05) is 6.61 Å². The zero-order valence-electron chi connectivity index (χ0n) is 19.6. The average Bonchev–Trinajstić information content (AvgIpc) is 3.64. The highest BCUT2D eigenvalue weighted by atomic mass is 16.5. The van der Waals surface area contributed by atoms with Crippen molar-refractivity contribution in [3.05, 3.63) is 59.7 Å². The molecule has 2 aliphatic heterocycles. The summed E-state index contributed by atoms with van der Waals surface area (Å²) in [7, 11) is 0. The Bertz CT molecular complexity index is 1140. The Morgan fingerprint density at radius 2 is 1.57 bits per heavy atom. The molecule has 1 saturated carbocycles. The Morgan fingerprint density at radius 3 is 2.20 bits per heavy atom. The first-order valence-corrected chi connectivity index (χ1v) is 12.7. The van der Waals surface area contributed by atoms with Crippen molar-refractivity contribution in [3.63, 3.8) is 0 Å². The Labute approximate surface area is 204 Å². The number of alkyl carbamates (subject to hydrolysis) is 1. The van der Waals surface area contributed by atoms with Crippen LogP contribution < -0.4 is 5.32 Å². The molecule has 0 spiro atoms. The second kappa shape index (κ2) is 8.40. The SMILES string of the molecule is O=C(NC1CCCC1C(=O)N1C2CCC1(C(=O)O)CC2)OCC1c2ccccc2-c2ccccc21. The highest BCUT2D eigenvalue weighted by molar-refractivity contribution is 5.90. The number of aliphatic carboxylic acids is 1. The van der Waals surface area contributed by atoms with E-state index < -0.39 is 23.5 Å². The van der Waals surface area contributed by atoms with Gasteiger partial charge in [-0.2, -0.15) is 0 Å². The summed E-state index contributed by atoms with van der Waals surface area (Å²) < 4.78 is 5.70. The van der Waals surface area contributed by atoms with E-state index >= 15 is 0 Å². The van der Waals surface area contributed by atoms with Gasteiger partial charge in [0.25, 0.3) is 0 Å². The van der Waals surface area contributed by atoms with Crippen LogP contribution in [0.4, 0.5) is 4.79 Å². The monoisotopic (exact) mass is 474 g/mol. The van der Waals surface area contributed by atoms with Crippen LogP contribution in [0.1, 0.15) is 62.0 Å². The predicted octanol–water partition coefficient (Wildman–Crippen LogP) is 4.30. The first kappa shape index (κ1) is 22.1. The standard InChI is InChI=1S/C28H30N2O5/c31-25(30-17-12-14-28(30,15-13-17)26(32)33)22-10-5-11-24(22)29-27(34)35-16-23-20-8-3-1-6-18(20)19-7-2-4-9-21(19)23/h1-4,6-9,17,22-24H,5,10-16H2,(H,29,34)(H,32,33). The topological polar surface area (TPSA) is 95.9 Å². The molecule has 6 rings (SSSR count). The number of hydrogen-bond donors (Lipinski definition) is 2. The molecule has 7 nitrogen and oxygen atoms in total. The third kappa shape index (κ3) is 3.43. The summed E-state index contributed by atoms with van der Waals surface area (Å²) in [6.07, 6.45) is 4.19. The second-order valence-electron chi connectivity index (χ2n) is 10.4. The fourth-order valence-electron chi connectivity index (χ4n) is 7.03. The zero-order valence-corrected chi connectivity index (χ0v) is 19.6. The van der Waals surface area contributed by atoms with E-state index in [9.17, 15) is 19.5 Å². The van der Waals surface area contributed by atoms with Gasteiger partial charge in [0.1, 0.15) is 12.1 Å². The van der Waals surface area contributed by atoms with E-state index in [2.05, 4.69) is 29.6 Å². The van der Waals surface area contributed by atoms with Gasteiger partial charge in [-0.25, -0.2) is 9.59 Å². The Hall–Kier alpha value is -3.35. The quantitative estimate of drug-likeness (QED) is 0.674. The molecule has 2 aromatic carbocycles. The third-order valence-electron chi connectivity index (χ3n) is 8.72. The number of ether oxygens (including phenoxy) is 1. The molecule has 0 radical (unpaired) electrons. The summed E-state index contributed by atoms with van der Waals surface area (Å²) in [4.78, 5) is 40.1. The van der Waals surface area contributed by atoms with Crippen molar-refractivity contribution >= 4 is 18.0 Å². The number of nitrogens with zero attached hydrogens (tertiary/aromatic N) is 1. The summed E-state index contributed by atoms with van der Waals surface area (Å²) in [6, 6.07) is 16.1.